The van der Waals surface area contributed by atoms with Gasteiger partial charge in [0.15, 0.2) is 11.6 Å². The Kier molecular flexibility index (Phi) is 2.95. The van der Waals surface area contributed by atoms with E-state index >= 15 is 0 Å². The highest BCUT2D eigenvalue weighted by Crippen LogP contribution is 2.31. The Balaban J connectivity index is 2.27. The molecule has 0 bridgehead atoms. The van der Waals surface area contributed by atoms with Crippen LogP contribution in [0.15, 0.2) is 40.4 Å². The molecule has 0 radical (unpaired) electrons. The van der Waals surface area contributed by atoms with Gasteiger partial charge in [0, 0.05) is 0 Å². The summed E-state index contributed by atoms with van der Waals surface area (Å²) in [6, 6.07) is 7.94. The number of hydrogen-bond acceptors (Lipinski definition) is 6. The first kappa shape index (κ1) is 13.8. The number of fused-ring (bicyclic) bond motifs is 1. The molecule has 0 saturated carbocycles. The lowest BCUT2D eigenvalue weighted by molar-refractivity contribution is 0.114. The van der Waals surface area contributed by atoms with Gasteiger partial charge in [-0.15, -0.1) is 0 Å². The topological polar surface area (TPSA) is 100 Å². The van der Waals surface area contributed by atoms with Crippen molar-refractivity contribution in [1.82, 2.24) is 9.55 Å². The molecule has 1 aromatic heterocycles. The minimum absolute atomic E-state index is 0.320. The fraction of sp³-hybridized carbons (Fsp3) is 0.200. The zero-order chi connectivity index (χ0) is 15.9. The summed E-state index contributed by atoms with van der Waals surface area (Å²) in [6.45, 7) is 3.51. The standard InChI is InChI=1S/C15H12N4O3/c1-15(2)18-14(19-8-17-12(20)6-13(19)21)10-5-9(7-16)3-4-11(10)22-15/h3-6,8,20H,1-2H3. The Morgan fingerprint density at radius 2 is 2.14 bits per heavy atom. The summed E-state index contributed by atoms with van der Waals surface area (Å²) >= 11 is 0. The van der Waals surface area contributed by atoms with E-state index in [2.05, 4.69) is 9.98 Å². The van der Waals surface area contributed by atoms with Crippen molar-refractivity contribution in [2.45, 2.75) is 19.6 Å². The Bertz CT molecular complexity index is 890. The van der Waals surface area contributed by atoms with Crippen LogP contribution in [0.1, 0.15) is 25.0 Å². The summed E-state index contributed by atoms with van der Waals surface area (Å²) < 4.78 is 6.96. The van der Waals surface area contributed by atoms with E-state index in [1.807, 2.05) is 6.07 Å². The average molecular weight is 296 g/mol. The van der Waals surface area contributed by atoms with Gasteiger partial charge < -0.3 is 9.84 Å². The minimum Gasteiger partial charge on any atom is -0.493 e. The van der Waals surface area contributed by atoms with Gasteiger partial charge in [0.2, 0.25) is 5.88 Å². The first-order valence-electron chi connectivity index (χ1n) is 6.51. The molecule has 0 atom stereocenters. The summed E-state index contributed by atoms with van der Waals surface area (Å²) in [4.78, 5) is 20.2. The zero-order valence-electron chi connectivity index (χ0n) is 11.9. The predicted octanol–water partition coefficient (Wildman–Crippen LogP) is 1.24. The predicted molar refractivity (Wildman–Crippen MR) is 78.0 cm³/mol. The van der Waals surface area contributed by atoms with Gasteiger partial charge in [-0.2, -0.15) is 5.26 Å². The molecule has 0 saturated heterocycles. The highest BCUT2D eigenvalue weighted by molar-refractivity contribution is 6.03. The van der Waals surface area contributed by atoms with E-state index in [0.717, 1.165) is 6.07 Å². The lowest BCUT2D eigenvalue weighted by Gasteiger charge is -2.30. The van der Waals surface area contributed by atoms with E-state index in [-0.39, 0.29) is 5.88 Å². The van der Waals surface area contributed by atoms with Gasteiger partial charge in [-0.3, -0.25) is 9.36 Å². The molecule has 0 unspecified atom stereocenters. The molecular formula is C15H12N4O3. The van der Waals surface area contributed by atoms with E-state index in [1.54, 1.807) is 32.0 Å². The van der Waals surface area contributed by atoms with Crippen LogP contribution in [0.2, 0.25) is 0 Å². The van der Waals surface area contributed by atoms with Crippen LogP contribution in [0.5, 0.6) is 11.6 Å². The maximum Gasteiger partial charge on any atom is 0.262 e. The lowest BCUT2D eigenvalue weighted by atomic mass is 10.1. The second-order valence-corrected chi connectivity index (χ2v) is 5.26. The van der Waals surface area contributed by atoms with E-state index in [1.165, 1.54) is 10.9 Å². The quantitative estimate of drug-likeness (QED) is 0.788. The van der Waals surface area contributed by atoms with Crippen LogP contribution in [0, 0.1) is 11.3 Å². The van der Waals surface area contributed by atoms with E-state index in [9.17, 15) is 9.90 Å². The summed E-state index contributed by atoms with van der Waals surface area (Å²) in [5.41, 5.74) is -0.395. The van der Waals surface area contributed by atoms with Crippen molar-refractivity contribution >= 4 is 5.84 Å². The molecular weight excluding hydrogens is 284 g/mol. The number of aliphatic imine (C=N–C) groups is 1. The third kappa shape index (κ3) is 2.31. The van der Waals surface area contributed by atoms with Crippen LogP contribution >= 0.6 is 0 Å². The molecule has 7 nitrogen and oxygen atoms in total. The molecule has 0 spiro atoms. The number of aromatic nitrogens is 2. The van der Waals surface area contributed by atoms with Gasteiger partial charge in [-0.05, 0) is 32.0 Å². The molecule has 22 heavy (non-hydrogen) atoms. The second-order valence-electron chi connectivity index (χ2n) is 5.26. The highest BCUT2D eigenvalue weighted by atomic mass is 16.5. The Morgan fingerprint density at radius 3 is 2.82 bits per heavy atom. The Hall–Kier alpha value is -3.14. The van der Waals surface area contributed by atoms with Crippen LogP contribution in [0.4, 0.5) is 0 Å². The summed E-state index contributed by atoms with van der Waals surface area (Å²) in [5, 5.41) is 18.3. The highest BCUT2D eigenvalue weighted by Gasteiger charge is 2.29. The number of aromatic hydroxyl groups is 1. The summed E-state index contributed by atoms with van der Waals surface area (Å²) in [5.74, 6) is 0.481. The minimum atomic E-state index is -0.867. The van der Waals surface area contributed by atoms with Crippen LogP contribution < -0.4 is 10.3 Å². The summed E-state index contributed by atoms with van der Waals surface area (Å²) in [7, 11) is 0. The third-order valence-corrected chi connectivity index (χ3v) is 3.11. The summed E-state index contributed by atoms with van der Waals surface area (Å²) in [6.07, 6.45) is 1.20. The molecule has 0 fully saturated rings. The monoisotopic (exact) mass is 296 g/mol. The molecule has 1 N–H and O–H groups in total. The fourth-order valence-corrected chi connectivity index (χ4v) is 2.20. The van der Waals surface area contributed by atoms with Crippen molar-refractivity contribution in [2.24, 2.45) is 4.99 Å². The normalized spacial score (nSPS) is 15.2. The van der Waals surface area contributed by atoms with Crippen molar-refractivity contribution in [3.05, 3.63) is 52.1 Å². The maximum atomic E-state index is 12.1. The smallest absolute Gasteiger partial charge is 0.262 e. The molecule has 1 aliphatic rings. The molecule has 0 aliphatic carbocycles. The van der Waals surface area contributed by atoms with Crippen LogP contribution in [-0.4, -0.2) is 26.2 Å². The number of nitrogens with zero attached hydrogens (tertiary/aromatic N) is 4. The van der Waals surface area contributed by atoms with Crippen molar-refractivity contribution in [3.63, 3.8) is 0 Å². The molecule has 0 amide bonds. The van der Waals surface area contributed by atoms with Gasteiger partial charge in [0.1, 0.15) is 12.1 Å². The zero-order valence-corrected chi connectivity index (χ0v) is 11.9. The van der Waals surface area contributed by atoms with Gasteiger partial charge in [0.25, 0.3) is 5.56 Å². The van der Waals surface area contributed by atoms with Gasteiger partial charge in [0.05, 0.1) is 23.3 Å². The van der Waals surface area contributed by atoms with Gasteiger partial charge >= 0.3 is 0 Å². The molecule has 1 aromatic carbocycles. The van der Waals surface area contributed by atoms with Crippen LogP contribution in [0.25, 0.3) is 0 Å². The van der Waals surface area contributed by atoms with Crippen molar-refractivity contribution in [1.29, 1.82) is 5.26 Å². The second kappa shape index (κ2) is 4.70. The molecule has 7 heteroatoms. The molecule has 2 aromatic rings. The third-order valence-electron chi connectivity index (χ3n) is 3.11. The maximum absolute atomic E-state index is 12.1. The number of hydrogen-bond donors (Lipinski definition) is 1. The first-order chi connectivity index (χ1) is 10.4. The molecule has 110 valence electrons. The number of ether oxygens (including phenoxy) is 1. The van der Waals surface area contributed by atoms with Crippen molar-refractivity contribution in [2.75, 3.05) is 0 Å². The van der Waals surface area contributed by atoms with E-state index in [4.69, 9.17) is 10.00 Å². The number of nitriles is 1. The average Bonchev–Trinajstić information content (AvgIpc) is 2.45. The Labute approximate surface area is 125 Å². The fourth-order valence-electron chi connectivity index (χ4n) is 2.20. The first-order valence-corrected chi connectivity index (χ1v) is 6.51. The van der Waals surface area contributed by atoms with Crippen molar-refractivity contribution in [3.8, 4) is 17.7 Å². The van der Waals surface area contributed by atoms with Crippen LogP contribution in [-0.2, 0) is 0 Å². The Morgan fingerprint density at radius 1 is 1.36 bits per heavy atom. The van der Waals surface area contributed by atoms with Gasteiger partial charge in [-0.1, -0.05) is 0 Å². The molecule has 1 aliphatic heterocycles. The van der Waals surface area contributed by atoms with E-state index < -0.39 is 11.3 Å². The lowest BCUT2D eigenvalue weighted by Crippen LogP contribution is -2.37. The SMILES string of the molecule is CC1(C)N=C(n2cnc(O)cc2=O)c2cc(C#N)ccc2O1. The number of benzene rings is 1. The van der Waals surface area contributed by atoms with Gasteiger partial charge in [-0.25, -0.2) is 9.98 Å². The number of rotatable bonds is 0. The molecule has 2 heterocycles. The van der Waals surface area contributed by atoms with Crippen LogP contribution in [0.3, 0.4) is 0 Å². The van der Waals surface area contributed by atoms with E-state index in [0.29, 0.717) is 22.7 Å². The van der Waals surface area contributed by atoms with Crippen molar-refractivity contribution < 1.29 is 9.84 Å². The largest absolute Gasteiger partial charge is 0.493 e. The molecule has 3 rings (SSSR count).